The van der Waals surface area contributed by atoms with Gasteiger partial charge in [0.15, 0.2) is 5.78 Å². The highest BCUT2D eigenvalue weighted by molar-refractivity contribution is 7.98. The summed E-state index contributed by atoms with van der Waals surface area (Å²) < 4.78 is 1.81. The van der Waals surface area contributed by atoms with Crippen molar-refractivity contribution in [2.24, 2.45) is 5.41 Å². The van der Waals surface area contributed by atoms with Crippen molar-refractivity contribution in [2.75, 3.05) is 5.32 Å². The van der Waals surface area contributed by atoms with E-state index in [-0.39, 0.29) is 23.0 Å². The van der Waals surface area contributed by atoms with Gasteiger partial charge in [-0.05, 0) is 35.1 Å². The van der Waals surface area contributed by atoms with E-state index >= 15 is 0 Å². The van der Waals surface area contributed by atoms with Crippen molar-refractivity contribution in [2.45, 2.75) is 43.6 Å². The number of Topliss-reactive ketones (excluding diaryl/α,β-unsaturated/α-hetero) is 1. The Morgan fingerprint density at radius 3 is 2.61 bits per heavy atom. The molecule has 31 heavy (non-hydrogen) atoms. The molecule has 0 amide bonds. The number of aromatic nitrogens is 3. The molecule has 0 radical (unpaired) electrons. The fourth-order valence-electron chi connectivity index (χ4n) is 4.34. The molecule has 6 nitrogen and oxygen atoms in total. The van der Waals surface area contributed by atoms with Crippen LogP contribution in [0, 0.1) is 5.41 Å². The Morgan fingerprint density at radius 1 is 1.13 bits per heavy atom. The van der Waals surface area contributed by atoms with Crippen LogP contribution >= 0.6 is 11.8 Å². The highest BCUT2D eigenvalue weighted by atomic mass is 32.2. The summed E-state index contributed by atoms with van der Waals surface area (Å²) in [5.74, 6) is 1.75. The van der Waals surface area contributed by atoms with Gasteiger partial charge >= 0.3 is 0 Å². The van der Waals surface area contributed by atoms with Gasteiger partial charge < -0.3 is 10.4 Å². The van der Waals surface area contributed by atoms with Gasteiger partial charge in [-0.15, -0.1) is 5.10 Å². The number of ketones is 1. The monoisotopic (exact) mass is 432 g/mol. The highest BCUT2D eigenvalue weighted by Gasteiger charge is 2.41. The summed E-state index contributed by atoms with van der Waals surface area (Å²) >= 11 is 1.57. The van der Waals surface area contributed by atoms with E-state index in [0.29, 0.717) is 17.5 Å². The van der Waals surface area contributed by atoms with E-state index in [2.05, 4.69) is 31.3 Å². The lowest BCUT2D eigenvalue weighted by Gasteiger charge is -2.38. The summed E-state index contributed by atoms with van der Waals surface area (Å²) in [6, 6.07) is 16.9. The summed E-state index contributed by atoms with van der Waals surface area (Å²) in [6.45, 7) is 4.23. The lowest BCUT2D eigenvalue weighted by atomic mass is 9.73. The molecule has 1 atom stereocenters. The van der Waals surface area contributed by atoms with Crippen molar-refractivity contribution >= 4 is 23.5 Å². The Labute approximate surface area is 185 Å². The number of carbonyl (C=O) groups is 1. The van der Waals surface area contributed by atoms with Crippen molar-refractivity contribution in [1.82, 2.24) is 14.8 Å². The second kappa shape index (κ2) is 7.57. The van der Waals surface area contributed by atoms with Crippen LogP contribution in [-0.4, -0.2) is 25.7 Å². The Hall–Kier alpha value is -3.06. The number of nitrogens with one attached hydrogen (secondary N) is 1. The van der Waals surface area contributed by atoms with Crippen LogP contribution in [0.5, 0.6) is 5.75 Å². The number of carbonyl (C=O) groups excluding carboxylic acids is 1. The van der Waals surface area contributed by atoms with Gasteiger partial charge in [0.05, 0.1) is 0 Å². The first-order valence-electron chi connectivity index (χ1n) is 10.4. The predicted octanol–water partition coefficient (Wildman–Crippen LogP) is 4.93. The van der Waals surface area contributed by atoms with E-state index in [9.17, 15) is 9.90 Å². The SMILES string of the molecule is CC1(C)CC(=O)C2=C(C1)Nc1nc(SCc3ccccc3)nn1[C@@H]2c1ccc(O)cc1. The first-order valence-corrected chi connectivity index (χ1v) is 11.3. The van der Waals surface area contributed by atoms with Crippen molar-refractivity contribution in [3.8, 4) is 5.75 Å². The molecule has 0 bridgehead atoms. The summed E-state index contributed by atoms with van der Waals surface area (Å²) in [6.07, 6.45) is 1.28. The number of rotatable bonds is 4. The summed E-state index contributed by atoms with van der Waals surface area (Å²) in [7, 11) is 0. The van der Waals surface area contributed by atoms with Crippen LogP contribution in [0.4, 0.5) is 5.95 Å². The standard InChI is InChI=1S/C24H24N4O2S/c1-24(2)12-18-20(19(30)13-24)21(16-8-10-17(29)11-9-16)28-22(25-18)26-23(27-28)31-14-15-6-4-3-5-7-15/h3-11,21,29H,12-14H2,1-2H3,(H,25,26,27)/t21-/m1/s1. The molecular formula is C24H24N4O2S. The maximum absolute atomic E-state index is 13.2. The number of allylic oxidation sites excluding steroid dienone is 2. The number of hydrogen-bond donors (Lipinski definition) is 2. The average molecular weight is 433 g/mol. The van der Waals surface area contributed by atoms with Crippen LogP contribution in [0.1, 0.15) is 43.9 Å². The molecule has 2 heterocycles. The van der Waals surface area contributed by atoms with Gasteiger partial charge in [0.2, 0.25) is 11.1 Å². The molecule has 3 aromatic rings. The molecule has 2 aromatic carbocycles. The smallest absolute Gasteiger partial charge is 0.227 e. The predicted molar refractivity (Wildman–Crippen MR) is 121 cm³/mol. The molecule has 2 aliphatic rings. The van der Waals surface area contributed by atoms with Gasteiger partial charge in [-0.25, -0.2) is 4.68 Å². The molecule has 2 N–H and O–H groups in total. The Morgan fingerprint density at radius 2 is 1.87 bits per heavy atom. The molecule has 0 saturated carbocycles. The second-order valence-corrected chi connectivity index (χ2v) is 9.83. The van der Waals surface area contributed by atoms with Crippen molar-refractivity contribution < 1.29 is 9.90 Å². The number of hydrogen-bond acceptors (Lipinski definition) is 6. The van der Waals surface area contributed by atoms with E-state index in [0.717, 1.165) is 29.0 Å². The van der Waals surface area contributed by atoms with Crippen LogP contribution in [0.15, 0.2) is 71.0 Å². The van der Waals surface area contributed by atoms with Gasteiger partial charge in [-0.2, -0.15) is 4.98 Å². The van der Waals surface area contributed by atoms with Crippen molar-refractivity contribution in [1.29, 1.82) is 0 Å². The lowest BCUT2D eigenvalue weighted by Crippen LogP contribution is -2.36. The quantitative estimate of drug-likeness (QED) is 0.569. The molecule has 1 aromatic heterocycles. The van der Waals surface area contributed by atoms with Gasteiger partial charge in [-0.1, -0.05) is 68.1 Å². The van der Waals surface area contributed by atoms with Crippen LogP contribution < -0.4 is 5.32 Å². The molecule has 0 saturated heterocycles. The third kappa shape index (κ3) is 3.85. The molecule has 7 heteroatoms. The summed E-state index contributed by atoms with van der Waals surface area (Å²) in [5.41, 5.74) is 3.69. The van der Waals surface area contributed by atoms with Crippen LogP contribution in [-0.2, 0) is 10.5 Å². The number of benzene rings is 2. The summed E-state index contributed by atoms with van der Waals surface area (Å²) in [4.78, 5) is 17.9. The molecule has 0 unspecified atom stereocenters. The maximum atomic E-state index is 13.2. The van der Waals surface area contributed by atoms with Crippen LogP contribution in [0.2, 0.25) is 0 Å². The molecule has 5 rings (SSSR count). The van der Waals surface area contributed by atoms with Gasteiger partial charge in [0.25, 0.3) is 0 Å². The second-order valence-electron chi connectivity index (χ2n) is 8.89. The first kappa shape index (κ1) is 19.9. The number of anilines is 1. The maximum Gasteiger partial charge on any atom is 0.227 e. The third-order valence-corrected chi connectivity index (χ3v) is 6.64. The number of thioether (sulfide) groups is 1. The molecular weight excluding hydrogens is 408 g/mol. The number of nitrogens with zero attached hydrogens (tertiary/aromatic N) is 3. The van der Waals surface area contributed by atoms with Gasteiger partial charge in [0, 0.05) is 23.4 Å². The fraction of sp³-hybridized carbons (Fsp3) is 0.292. The van der Waals surface area contributed by atoms with E-state index in [4.69, 9.17) is 10.1 Å². The van der Waals surface area contributed by atoms with Crippen molar-refractivity contribution in [3.63, 3.8) is 0 Å². The van der Waals surface area contributed by atoms with Gasteiger partial charge in [-0.3, -0.25) is 4.79 Å². The van der Waals surface area contributed by atoms with Crippen LogP contribution in [0.3, 0.4) is 0 Å². The molecule has 158 valence electrons. The average Bonchev–Trinajstić information content (AvgIpc) is 3.14. The highest BCUT2D eigenvalue weighted by Crippen LogP contribution is 2.45. The topological polar surface area (TPSA) is 80.0 Å². The Balaban J connectivity index is 1.54. The van der Waals surface area contributed by atoms with Crippen molar-refractivity contribution in [3.05, 3.63) is 77.0 Å². The number of phenols is 1. The zero-order valence-electron chi connectivity index (χ0n) is 17.5. The fourth-order valence-corrected chi connectivity index (χ4v) is 5.12. The Bertz CT molecular complexity index is 1170. The minimum Gasteiger partial charge on any atom is -0.508 e. The zero-order valence-corrected chi connectivity index (χ0v) is 18.3. The van der Waals surface area contributed by atoms with Gasteiger partial charge in [0.1, 0.15) is 11.8 Å². The zero-order chi connectivity index (χ0) is 21.6. The molecule has 0 fully saturated rings. The summed E-state index contributed by atoms with van der Waals surface area (Å²) in [5, 5.41) is 18.6. The largest absolute Gasteiger partial charge is 0.508 e. The minimum atomic E-state index is -0.353. The number of aromatic hydroxyl groups is 1. The normalized spacial score (nSPS) is 19.5. The third-order valence-electron chi connectivity index (χ3n) is 5.73. The minimum absolute atomic E-state index is 0.102. The van der Waals surface area contributed by atoms with Crippen LogP contribution in [0.25, 0.3) is 0 Å². The van der Waals surface area contributed by atoms with E-state index < -0.39 is 0 Å². The number of phenolic OH excluding ortho intramolecular Hbond substituents is 1. The first-order chi connectivity index (χ1) is 14.9. The van der Waals surface area contributed by atoms with E-state index in [1.165, 1.54) is 5.56 Å². The molecule has 1 aliphatic heterocycles. The molecule has 1 aliphatic carbocycles. The molecule has 0 spiro atoms. The Kier molecular flexibility index (Phi) is 4.85. The van der Waals surface area contributed by atoms with E-state index in [1.54, 1.807) is 23.9 Å². The lowest BCUT2D eigenvalue weighted by molar-refractivity contribution is -0.118. The number of fused-ring (bicyclic) bond motifs is 1. The van der Waals surface area contributed by atoms with E-state index in [1.807, 2.05) is 35.0 Å².